The van der Waals surface area contributed by atoms with Crippen LogP contribution in [0.4, 0.5) is 5.69 Å². The first-order valence-electron chi connectivity index (χ1n) is 7.07. The molecule has 1 atom stereocenters. The van der Waals surface area contributed by atoms with Crippen LogP contribution in [-0.2, 0) is 11.8 Å². The largest absolute Gasteiger partial charge is 0.326 e. The van der Waals surface area contributed by atoms with Gasteiger partial charge in [0.1, 0.15) is 6.33 Å². The molecule has 1 unspecified atom stereocenters. The molecule has 0 aliphatic carbocycles. The first-order valence-corrected chi connectivity index (χ1v) is 7.07. The third-order valence-corrected chi connectivity index (χ3v) is 3.25. The summed E-state index contributed by atoms with van der Waals surface area (Å²) in [6.07, 6.45) is 1.65. The molecule has 1 aromatic heterocycles. The van der Waals surface area contributed by atoms with E-state index in [1.165, 1.54) is 0 Å². The van der Waals surface area contributed by atoms with E-state index in [1.54, 1.807) is 6.33 Å². The normalized spacial score (nSPS) is 12.1. The lowest BCUT2D eigenvalue weighted by atomic mass is 10.1. The van der Waals surface area contributed by atoms with E-state index >= 15 is 0 Å². The number of anilines is 1. The molecule has 0 spiro atoms. The fraction of sp³-hybridized carbons (Fsp3) is 0.400. The standard InChI is InChI=1S/C15H21N5O/c1-4-16-9-11(2)15(21)18-13-7-5-6-12(8-13)14-19-17-10-20(14)3/h5-8,10-11,16H,4,9H2,1-3H3,(H,18,21). The van der Waals surface area contributed by atoms with Gasteiger partial charge >= 0.3 is 0 Å². The first-order chi connectivity index (χ1) is 10.1. The molecule has 6 nitrogen and oxygen atoms in total. The lowest BCUT2D eigenvalue weighted by Gasteiger charge is -2.13. The third kappa shape index (κ3) is 3.88. The molecule has 0 aliphatic rings. The molecule has 0 saturated carbocycles. The monoisotopic (exact) mass is 287 g/mol. The molecule has 0 fully saturated rings. The van der Waals surface area contributed by atoms with Crippen LogP contribution in [0.15, 0.2) is 30.6 Å². The predicted octanol–water partition coefficient (Wildman–Crippen LogP) is 1.67. The molecule has 0 saturated heterocycles. The molecular formula is C15H21N5O. The Morgan fingerprint density at radius 3 is 2.90 bits per heavy atom. The number of aryl methyl sites for hydroxylation is 1. The molecule has 6 heteroatoms. The molecule has 112 valence electrons. The second-order valence-corrected chi connectivity index (χ2v) is 5.04. The zero-order valence-corrected chi connectivity index (χ0v) is 12.6. The van der Waals surface area contributed by atoms with Crippen molar-refractivity contribution < 1.29 is 4.79 Å². The molecule has 0 bridgehead atoms. The average Bonchev–Trinajstić information content (AvgIpc) is 2.91. The van der Waals surface area contributed by atoms with Gasteiger partial charge in [-0.3, -0.25) is 4.79 Å². The van der Waals surface area contributed by atoms with E-state index in [9.17, 15) is 4.79 Å². The summed E-state index contributed by atoms with van der Waals surface area (Å²) in [5, 5.41) is 14.0. The van der Waals surface area contributed by atoms with Gasteiger partial charge in [-0.1, -0.05) is 26.0 Å². The van der Waals surface area contributed by atoms with E-state index in [1.807, 2.05) is 49.7 Å². The Hall–Kier alpha value is -2.21. The predicted molar refractivity (Wildman–Crippen MR) is 82.8 cm³/mol. The van der Waals surface area contributed by atoms with Crippen LogP contribution in [0.5, 0.6) is 0 Å². The summed E-state index contributed by atoms with van der Waals surface area (Å²) in [5.74, 6) is 0.696. The summed E-state index contributed by atoms with van der Waals surface area (Å²) in [7, 11) is 1.89. The highest BCUT2D eigenvalue weighted by Crippen LogP contribution is 2.20. The Balaban J connectivity index is 2.08. The fourth-order valence-corrected chi connectivity index (χ4v) is 2.00. The van der Waals surface area contributed by atoms with Crippen molar-refractivity contribution in [3.63, 3.8) is 0 Å². The minimum absolute atomic E-state index is 0.00562. The van der Waals surface area contributed by atoms with Crippen LogP contribution in [-0.4, -0.2) is 33.8 Å². The molecule has 1 heterocycles. The number of hydrogen-bond acceptors (Lipinski definition) is 4. The number of carbonyl (C=O) groups excluding carboxylic acids is 1. The van der Waals surface area contributed by atoms with E-state index in [0.717, 1.165) is 23.6 Å². The minimum Gasteiger partial charge on any atom is -0.326 e. The lowest BCUT2D eigenvalue weighted by Crippen LogP contribution is -2.30. The van der Waals surface area contributed by atoms with Gasteiger partial charge in [-0.05, 0) is 18.7 Å². The van der Waals surface area contributed by atoms with Crippen LogP contribution in [0.3, 0.4) is 0 Å². The van der Waals surface area contributed by atoms with E-state index in [0.29, 0.717) is 6.54 Å². The molecule has 0 aliphatic heterocycles. The summed E-state index contributed by atoms with van der Waals surface area (Å²) in [4.78, 5) is 12.1. The molecule has 2 rings (SSSR count). The maximum Gasteiger partial charge on any atom is 0.228 e. The van der Waals surface area contributed by atoms with Crippen LogP contribution in [0.1, 0.15) is 13.8 Å². The van der Waals surface area contributed by atoms with Crippen LogP contribution >= 0.6 is 0 Å². The van der Waals surface area contributed by atoms with Crippen LogP contribution in [0, 0.1) is 5.92 Å². The van der Waals surface area contributed by atoms with Gasteiger partial charge < -0.3 is 15.2 Å². The van der Waals surface area contributed by atoms with Gasteiger partial charge in [-0.2, -0.15) is 0 Å². The minimum atomic E-state index is -0.0802. The highest BCUT2D eigenvalue weighted by Gasteiger charge is 2.13. The van der Waals surface area contributed by atoms with Crippen molar-refractivity contribution in [2.45, 2.75) is 13.8 Å². The van der Waals surface area contributed by atoms with Crippen LogP contribution < -0.4 is 10.6 Å². The number of aromatic nitrogens is 3. The Kier molecular flexibility index (Phi) is 5.05. The maximum absolute atomic E-state index is 12.1. The summed E-state index contributed by atoms with van der Waals surface area (Å²) < 4.78 is 1.84. The summed E-state index contributed by atoms with van der Waals surface area (Å²) in [6.45, 7) is 5.46. The summed E-state index contributed by atoms with van der Waals surface area (Å²) in [5.41, 5.74) is 1.69. The lowest BCUT2D eigenvalue weighted by molar-refractivity contribution is -0.119. The fourth-order valence-electron chi connectivity index (χ4n) is 2.00. The van der Waals surface area contributed by atoms with E-state index in [-0.39, 0.29) is 11.8 Å². The number of benzene rings is 1. The Morgan fingerprint density at radius 1 is 1.43 bits per heavy atom. The Morgan fingerprint density at radius 2 is 2.24 bits per heavy atom. The number of hydrogen-bond donors (Lipinski definition) is 2. The van der Waals surface area contributed by atoms with E-state index in [2.05, 4.69) is 20.8 Å². The van der Waals surface area contributed by atoms with Crippen molar-refractivity contribution >= 4 is 11.6 Å². The molecule has 21 heavy (non-hydrogen) atoms. The third-order valence-electron chi connectivity index (χ3n) is 3.25. The van der Waals surface area contributed by atoms with Crippen LogP contribution in [0.2, 0.25) is 0 Å². The van der Waals surface area contributed by atoms with Gasteiger partial charge in [0.25, 0.3) is 0 Å². The second kappa shape index (κ2) is 6.99. The maximum atomic E-state index is 12.1. The number of nitrogens with one attached hydrogen (secondary N) is 2. The highest BCUT2D eigenvalue weighted by molar-refractivity contribution is 5.93. The van der Waals surface area contributed by atoms with Gasteiger partial charge in [0.05, 0.1) is 0 Å². The molecule has 0 radical (unpaired) electrons. The molecule has 2 aromatic rings. The molecule has 2 N–H and O–H groups in total. The van der Waals surface area contributed by atoms with E-state index in [4.69, 9.17) is 0 Å². The summed E-state index contributed by atoms with van der Waals surface area (Å²) in [6, 6.07) is 7.62. The molecule has 1 amide bonds. The summed E-state index contributed by atoms with van der Waals surface area (Å²) >= 11 is 0. The van der Waals surface area contributed by atoms with Gasteiger partial charge in [0.15, 0.2) is 5.82 Å². The molecule has 1 aromatic carbocycles. The zero-order chi connectivity index (χ0) is 15.2. The van der Waals surface area contributed by atoms with Gasteiger partial charge in [-0.15, -0.1) is 10.2 Å². The Bertz CT molecular complexity index is 608. The van der Waals surface area contributed by atoms with E-state index < -0.39 is 0 Å². The second-order valence-electron chi connectivity index (χ2n) is 5.04. The van der Waals surface area contributed by atoms with Gasteiger partial charge in [0, 0.05) is 30.8 Å². The number of carbonyl (C=O) groups is 1. The first kappa shape index (κ1) is 15.2. The quantitative estimate of drug-likeness (QED) is 0.847. The highest BCUT2D eigenvalue weighted by atomic mass is 16.1. The van der Waals surface area contributed by atoms with Crippen molar-refractivity contribution in [3.8, 4) is 11.4 Å². The number of amides is 1. The topological polar surface area (TPSA) is 71.8 Å². The van der Waals surface area contributed by atoms with Crippen molar-refractivity contribution in [1.82, 2.24) is 20.1 Å². The van der Waals surface area contributed by atoms with Crippen LogP contribution in [0.25, 0.3) is 11.4 Å². The smallest absolute Gasteiger partial charge is 0.228 e. The van der Waals surface area contributed by atoms with Gasteiger partial charge in [-0.25, -0.2) is 0 Å². The zero-order valence-electron chi connectivity index (χ0n) is 12.6. The van der Waals surface area contributed by atoms with Crippen molar-refractivity contribution in [3.05, 3.63) is 30.6 Å². The molecular weight excluding hydrogens is 266 g/mol. The number of nitrogens with zero attached hydrogens (tertiary/aromatic N) is 3. The van der Waals surface area contributed by atoms with Crippen molar-refractivity contribution in [1.29, 1.82) is 0 Å². The Labute approximate surface area is 124 Å². The SMILES string of the molecule is CCNCC(C)C(=O)Nc1cccc(-c2nncn2C)c1. The van der Waals surface area contributed by atoms with Gasteiger partial charge in [0.2, 0.25) is 5.91 Å². The number of rotatable bonds is 6. The average molecular weight is 287 g/mol. The van der Waals surface area contributed by atoms with Crippen molar-refractivity contribution in [2.75, 3.05) is 18.4 Å². The van der Waals surface area contributed by atoms with Crippen molar-refractivity contribution in [2.24, 2.45) is 13.0 Å².